The number of ether oxygens (including phenoxy) is 1. The minimum absolute atomic E-state index is 0.0113. The molecule has 17 heavy (non-hydrogen) atoms. The van der Waals surface area contributed by atoms with Gasteiger partial charge in [0.05, 0.1) is 18.6 Å². The van der Waals surface area contributed by atoms with Gasteiger partial charge in [-0.3, -0.25) is 9.59 Å². The molecule has 0 heterocycles. The van der Waals surface area contributed by atoms with Crippen LogP contribution in [0.25, 0.3) is 0 Å². The van der Waals surface area contributed by atoms with Crippen LogP contribution in [0.1, 0.15) is 17.3 Å². The number of rotatable bonds is 4. The van der Waals surface area contributed by atoms with E-state index in [1.165, 1.54) is 19.1 Å². The largest absolute Gasteiger partial charge is 0.507 e. The number of benzene rings is 1. The quantitative estimate of drug-likeness (QED) is 0.364. The Morgan fingerprint density at radius 3 is 2.35 bits per heavy atom. The lowest BCUT2D eigenvalue weighted by molar-refractivity contribution is -0.152. The molecule has 0 amide bonds. The fourth-order valence-corrected chi connectivity index (χ4v) is 1.31. The predicted octanol–water partition coefficient (Wildman–Crippen LogP) is 0.953. The van der Waals surface area contributed by atoms with Gasteiger partial charge in [0.15, 0.2) is 5.78 Å². The van der Waals surface area contributed by atoms with Crippen LogP contribution in [-0.4, -0.2) is 29.8 Å². The van der Waals surface area contributed by atoms with Crippen molar-refractivity contribution in [3.05, 3.63) is 29.8 Å². The fraction of sp³-hybridized carbons (Fsp3) is 0.250. The lowest BCUT2D eigenvalue weighted by Gasteiger charge is -2.08. The molecule has 1 N–H and O–H groups in total. The van der Waals surface area contributed by atoms with Crippen molar-refractivity contribution < 1.29 is 24.2 Å². The SMILES string of the molecule is COC(=O)C(=O)C(C)C(=O)c1ccccc1O. The van der Waals surface area contributed by atoms with Crippen molar-refractivity contribution in [2.45, 2.75) is 6.92 Å². The average molecular weight is 236 g/mol. The summed E-state index contributed by atoms with van der Waals surface area (Å²) in [5.41, 5.74) is 0.0113. The highest BCUT2D eigenvalue weighted by atomic mass is 16.5. The van der Waals surface area contributed by atoms with Crippen molar-refractivity contribution in [2.75, 3.05) is 7.11 Å². The molecule has 0 spiro atoms. The van der Waals surface area contributed by atoms with E-state index in [9.17, 15) is 19.5 Å². The van der Waals surface area contributed by atoms with Crippen molar-refractivity contribution in [3.8, 4) is 5.75 Å². The number of aromatic hydroxyl groups is 1. The zero-order chi connectivity index (χ0) is 13.0. The Hall–Kier alpha value is -2.17. The first-order valence-corrected chi connectivity index (χ1v) is 4.93. The molecule has 0 radical (unpaired) electrons. The van der Waals surface area contributed by atoms with Crippen LogP contribution in [0.15, 0.2) is 24.3 Å². The van der Waals surface area contributed by atoms with Gasteiger partial charge in [0.1, 0.15) is 5.75 Å². The van der Waals surface area contributed by atoms with E-state index in [1.807, 2.05) is 0 Å². The highest BCUT2D eigenvalue weighted by molar-refractivity contribution is 6.39. The normalized spacial score (nSPS) is 11.6. The predicted molar refractivity (Wildman–Crippen MR) is 58.6 cm³/mol. The van der Waals surface area contributed by atoms with E-state index in [4.69, 9.17) is 0 Å². The number of Topliss-reactive ketones (excluding diaryl/α,β-unsaturated/α-hetero) is 2. The number of phenolic OH excluding ortho intramolecular Hbond substituents is 1. The molecule has 0 aliphatic rings. The van der Waals surface area contributed by atoms with Crippen LogP contribution >= 0.6 is 0 Å². The number of para-hydroxylation sites is 1. The molecule has 1 unspecified atom stereocenters. The summed E-state index contributed by atoms with van der Waals surface area (Å²) in [5.74, 6) is -4.00. The lowest BCUT2D eigenvalue weighted by Crippen LogP contribution is -2.29. The smallest absolute Gasteiger partial charge is 0.375 e. The van der Waals surface area contributed by atoms with Gasteiger partial charge >= 0.3 is 5.97 Å². The first-order valence-electron chi connectivity index (χ1n) is 4.93. The van der Waals surface area contributed by atoms with Gasteiger partial charge in [0, 0.05) is 0 Å². The molecule has 90 valence electrons. The molecular formula is C12H12O5. The molecule has 5 heteroatoms. The number of hydrogen-bond acceptors (Lipinski definition) is 5. The molecule has 1 aromatic rings. The minimum Gasteiger partial charge on any atom is -0.507 e. The van der Waals surface area contributed by atoms with Gasteiger partial charge < -0.3 is 9.84 Å². The molecule has 0 aliphatic heterocycles. The molecule has 0 aliphatic carbocycles. The van der Waals surface area contributed by atoms with E-state index in [0.717, 1.165) is 7.11 Å². The maximum atomic E-state index is 11.8. The van der Waals surface area contributed by atoms with Crippen LogP contribution in [0.5, 0.6) is 5.75 Å². The average Bonchev–Trinajstić information content (AvgIpc) is 2.35. The molecule has 1 atom stereocenters. The Balaban J connectivity index is 2.95. The molecule has 1 aromatic carbocycles. The Bertz CT molecular complexity index is 464. The second-order valence-corrected chi connectivity index (χ2v) is 3.46. The van der Waals surface area contributed by atoms with Gasteiger partial charge in [-0.25, -0.2) is 4.79 Å². The Labute approximate surface area is 98.0 Å². The van der Waals surface area contributed by atoms with E-state index in [1.54, 1.807) is 12.1 Å². The fourth-order valence-electron chi connectivity index (χ4n) is 1.31. The van der Waals surface area contributed by atoms with Crippen LogP contribution in [0, 0.1) is 5.92 Å². The van der Waals surface area contributed by atoms with Crippen molar-refractivity contribution in [2.24, 2.45) is 5.92 Å². The Kier molecular flexibility index (Phi) is 3.98. The second-order valence-electron chi connectivity index (χ2n) is 3.46. The maximum absolute atomic E-state index is 11.8. The lowest BCUT2D eigenvalue weighted by atomic mass is 9.95. The number of carbonyl (C=O) groups excluding carboxylic acids is 3. The number of carbonyl (C=O) groups is 3. The molecule has 0 fully saturated rings. The third kappa shape index (κ3) is 2.69. The first-order chi connectivity index (χ1) is 7.99. The van der Waals surface area contributed by atoms with Crippen molar-refractivity contribution in [1.82, 2.24) is 0 Å². The van der Waals surface area contributed by atoms with Gasteiger partial charge in [-0.05, 0) is 19.1 Å². The van der Waals surface area contributed by atoms with E-state index >= 15 is 0 Å². The molecule has 0 saturated heterocycles. The number of methoxy groups -OCH3 is 1. The molecule has 0 bridgehead atoms. The summed E-state index contributed by atoms with van der Waals surface area (Å²) >= 11 is 0. The summed E-state index contributed by atoms with van der Waals surface area (Å²) in [6.45, 7) is 1.30. The summed E-state index contributed by atoms with van der Waals surface area (Å²) in [5, 5.41) is 9.46. The summed E-state index contributed by atoms with van der Waals surface area (Å²) in [4.78, 5) is 34.2. The molecule has 0 saturated carbocycles. The summed E-state index contributed by atoms with van der Waals surface area (Å²) in [7, 11) is 1.07. The van der Waals surface area contributed by atoms with Crippen LogP contribution in [0.3, 0.4) is 0 Å². The number of esters is 1. The van der Waals surface area contributed by atoms with Crippen LogP contribution in [0.4, 0.5) is 0 Å². The molecule has 0 aromatic heterocycles. The number of ketones is 2. The van der Waals surface area contributed by atoms with Gasteiger partial charge in [-0.2, -0.15) is 0 Å². The van der Waals surface area contributed by atoms with E-state index in [0.29, 0.717) is 0 Å². The van der Waals surface area contributed by atoms with Crippen LogP contribution in [0.2, 0.25) is 0 Å². The third-order valence-electron chi connectivity index (χ3n) is 2.34. The van der Waals surface area contributed by atoms with Gasteiger partial charge in [0.2, 0.25) is 0 Å². The maximum Gasteiger partial charge on any atom is 0.375 e. The monoisotopic (exact) mass is 236 g/mol. The number of phenols is 1. The molecule has 1 rings (SSSR count). The Morgan fingerprint density at radius 1 is 1.24 bits per heavy atom. The molecule has 5 nitrogen and oxygen atoms in total. The van der Waals surface area contributed by atoms with E-state index < -0.39 is 23.5 Å². The second kappa shape index (κ2) is 5.25. The summed E-state index contributed by atoms with van der Waals surface area (Å²) < 4.78 is 4.25. The van der Waals surface area contributed by atoms with Gasteiger partial charge in [-0.15, -0.1) is 0 Å². The third-order valence-corrected chi connectivity index (χ3v) is 2.34. The zero-order valence-electron chi connectivity index (χ0n) is 9.47. The van der Waals surface area contributed by atoms with Crippen molar-refractivity contribution in [3.63, 3.8) is 0 Å². The van der Waals surface area contributed by atoms with Crippen molar-refractivity contribution >= 4 is 17.5 Å². The topological polar surface area (TPSA) is 80.7 Å². The summed E-state index contributed by atoms with van der Waals surface area (Å²) in [6.07, 6.45) is 0. The van der Waals surface area contributed by atoms with Gasteiger partial charge in [-0.1, -0.05) is 12.1 Å². The minimum atomic E-state index is -1.17. The van der Waals surface area contributed by atoms with Crippen molar-refractivity contribution in [1.29, 1.82) is 0 Å². The van der Waals surface area contributed by atoms with Gasteiger partial charge in [0.25, 0.3) is 5.78 Å². The standard InChI is InChI=1S/C12H12O5/c1-7(11(15)12(16)17-2)10(14)8-5-3-4-6-9(8)13/h3-7,13H,1-2H3. The Morgan fingerprint density at radius 2 is 1.82 bits per heavy atom. The highest BCUT2D eigenvalue weighted by Gasteiger charge is 2.29. The van der Waals surface area contributed by atoms with E-state index in [2.05, 4.69) is 4.74 Å². The zero-order valence-corrected chi connectivity index (χ0v) is 9.47. The first kappa shape index (κ1) is 12.9. The summed E-state index contributed by atoms with van der Waals surface area (Å²) in [6, 6.07) is 5.84. The van der Waals surface area contributed by atoms with Crippen LogP contribution < -0.4 is 0 Å². The van der Waals surface area contributed by atoms with E-state index in [-0.39, 0.29) is 11.3 Å². The van der Waals surface area contributed by atoms with Crippen LogP contribution in [-0.2, 0) is 14.3 Å². The molecular weight excluding hydrogens is 224 g/mol. The number of hydrogen-bond donors (Lipinski definition) is 1. The highest BCUT2D eigenvalue weighted by Crippen LogP contribution is 2.20.